The molecule has 0 aromatic heterocycles. The van der Waals surface area contributed by atoms with Crippen molar-refractivity contribution in [3.63, 3.8) is 0 Å². The van der Waals surface area contributed by atoms with E-state index in [4.69, 9.17) is 4.74 Å². The van der Waals surface area contributed by atoms with Gasteiger partial charge in [-0.15, -0.1) is 0 Å². The van der Waals surface area contributed by atoms with Gasteiger partial charge in [-0.1, -0.05) is 12.6 Å². The van der Waals surface area contributed by atoms with E-state index in [9.17, 15) is 18.8 Å². The second-order valence-electron chi connectivity index (χ2n) is 4.88. The first-order valence-corrected chi connectivity index (χ1v) is 6.89. The molecule has 0 atom stereocenters. The number of hydrogen-bond donors (Lipinski definition) is 2. The SMILES string of the molecule is C=CC(=O)NCC(=O)N1CC(OC(=O)Nc2cccc(F)c2)C1. The molecule has 0 unspecified atom stereocenters. The molecule has 0 saturated carbocycles. The Kier molecular flexibility index (Phi) is 5.29. The molecule has 2 rings (SSSR count). The average Bonchev–Trinajstić information content (AvgIpc) is 2.47. The zero-order valence-corrected chi connectivity index (χ0v) is 12.3. The molecular weight excluding hydrogens is 305 g/mol. The molecule has 0 bridgehead atoms. The van der Waals surface area contributed by atoms with Gasteiger partial charge in [-0.05, 0) is 24.3 Å². The summed E-state index contributed by atoms with van der Waals surface area (Å²) in [6, 6.07) is 5.42. The molecule has 23 heavy (non-hydrogen) atoms. The van der Waals surface area contributed by atoms with Crippen LogP contribution in [0, 0.1) is 5.82 Å². The zero-order valence-electron chi connectivity index (χ0n) is 12.3. The van der Waals surface area contributed by atoms with Gasteiger partial charge in [0.2, 0.25) is 11.8 Å². The average molecular weight is 321 g/mol. The lowest BCUT2D eigenvalue weighted by molar-refractivity contribution is -0.141. The number of rotatable bonds is 5. The lowest BCUT2D eigenvalue weighted by Crippen LogP contribution is -2.57. The number of nitrogens with zero attached hydrogens (tertiary/aromatic N) is 1. The molecule has 2 N–H and O–H groups in total. The Bertz CT molecular complexity index is 629. The third-order valence-electron chi connectivity index (χ3n) is 3.14. The summed E-state index contributed by atoms with van der Waals surface area (Å²) in [5.74, 6) is -1.17. The summed E-state index contributed by atoms with van der Waals surface area (Å²) in [7, 11) is 0. The fraction of sp³-hybridized carbons (Fsp3) is 0.267. The van der Waals surface area contributed by atoms with Gasteiger partial charge in [-0.3, -0.25) is 14.9 Å². The van der Waals surface area contributed by atoms with E-state index in [0.717, 1.165) is 6.08 Å². The van der Waals surface area contributed by atoms with Gasteiger partial charge in [-0.2, -0.15) is 0 Å². The Morgan fingerprint density at radius 2 is 2.13 bits per heavy atom. The highest BCUT2D eigenvalue weighted by Gasteiger charge is 2.33. The standard InChI is InChI=1S/C15H16FN3O4/c1-2-13(20)17-7-14(21)19-8-12(9-19)23-15(22)18-11-5-3-4-10(16)6-11/h2-6,12H,1,7-9H2,(H,17,20)(H,18,22). The molecule has 1 aliphatic rings. The second-order valence-corrected chi connectivity index (χ2v) is 4.88. The summed E-state index contributed by atoms with van der Waals surface area (Å²) in [4.78, 5) is 35.7. The van der Waals surface area contributed by atoms with Crippen LogP contribution in [-0.4, -0.2) is 48.5 Å². The maximum Gasteiger partial charge on any atom is 0.412 e. The third-order valence-corrected chi connectivity index (χ3v) is 3.14. The molecule has 1 heterocycles. The summed E-state index contributed by atoms with van der Waals surface area (Å²) >= 11 is 0. The van der Waals surface area contributed by atoms with Gasteiger partial charge in [0.1, 0.15) is 11.9 Å². The van der Waals surface area contributed by atoms with Crippen molar-refractivity contribution >= 4 is 23.6 Å². The van der Waals surface area contributed by atoms with E-state index in [1.807, 2.05) is 0 Å². The van der Waals surface area contributed by atoms with E-state index in [1.165, 1.54) is 29.2 Å². The normalized spacial score (nSPS) is 13.7. The molecular formula is C15H16FN3O4. The lowest BCUT2D eigenvalue weighted by atomic mass is 10.1. The fourth-order valence-corrected chi connectivity index (χ4v) is 1.93. The lowest BCUT2D eigenvalue weighted by Gasteiger charge is -2.38. The monoisotopic (exact) mass is 321 g/mol. The fourth-order valence-electron chi connectivity index (χ4n) is 1.93. The Morgan fingerprint density at radius 1 is 1.39 bits per heavy atom. The third kappa shape index (κ3) is 4.80. The van der Waals surface area contributed by atoms with Crippen LogP contribution < -0.4 is 10.6 Å². The van der Waals surface area contributed by atoms with E-state index < -0.39 is 23.9 Å². The van der Waals surface area contributed by atoms with Gasteiger partial charge in [-0.25, -0.2) is 9.18 Å². The van der Waals surface area contributed by atoms with Gasteiger partial charge >= 0.3 is 6.09 Å². The number of carbonyl (C=O) groups excluding carboxylic acids is 3. The predicted octanol–water partition coefficient (Wildman–Crippen LogP) is 0.887. The number of nitrogens with one attached hydrogen (secondary N) is 2. The van der Waals surface area contributed by atoms with Gasteiger partial charge in [0.25, 0.3) is 0 Å². The molecule has 122 valence electrons. The number of benzene rings is 1. The molecule has 1 aromatic rings. The first-order chi connectivity index (χ1) is 11.0. The van der Waals surface area contributed by atoms with Crippen LogP contribution in [-0.2, 0) is 14.3 Å². The first-order valence-electron chi connectivity index (χ1n) is 6.89. The van der Waals surface area contributed by atoms with Crippen LogP contribution in [0.15, 0.2) is 36.9 Å². The number of anilines is 1. The van der Waals surface area contributed by atoms with Crippen LogP contribution in [0.5, 0.6) is 0 Å². The molecule has 7 nitrogen and oxygen atoms in total. The summed E-state index contributed by atoms with van der Waals surface area (Å²) < 4.78 is 18.1. The number of carbonyl (C=O) groups is 3. The first kappa shape index (κ1) is 16.5. The van der Waals surface area contributed by atoms with Crippen LogP contribution in [0.2, 0.25) is 0 Å². The largest absolute Gasteiger partial charge is 0.442 e. The summed E-state index contributed by atoms with van der Waals surface area (Å²) in [6.07, 6.45) is -0.0678. The van der Waals surface area contributed by atoms with E-state index in [1.54, 1.807) is 0 Å². The highest BCUT2D eigenvalue weighted by molar-refractivity contribution is 5.91. The van der Waals surface area contributed by atoms with Gasteiger partial charge in [0, 0.05) is 5.69 Å². The maximum atomic E-state index is 13.0. The Balaban J connectivity index is 1.69. The van der Waals surface area contributed by atoms with E-state index in [2.05, 4.69) is 17.2 Å². The highest BCUT2D eigenvalue weighted by Crippen LogP contribution is 2.14. The van der Waals surface area contributed by atoms with Crippen molar-refractivity contribution in [1.82, 2.24) is 10.2 Å². The number of halogens is 1. The molecule has 1 aromatic carbocycles. The van der Waals surface area contributed by atoms with Crippen molar-refractivity contribution in [1.29, 1.82) is 0 Å². The number of ether oxygens (including phenoxy) is 1. The maximum absolute atomic E-state index is 13.0. The van der Waals surface area contributed by atoms with Gasteiger partial charge in [0.05, 0.1) is 19.6 Å². The highest BCUT2D eigenvalue weighted by atomic mass is 19.1. The predicted molar refractivity (Wildman–Crippen MR) is 80.1 cm³/mol. The van der Waals surface area contributed by atoms with Crippen molar-refractivity contribution in [2.24, 2.45) is 0 Å². The van der Waals surface area contributed by atoms with Gasteiger partial charge in [0.15, 0.2) is 0 Å². The Labute approximate surface area is 132 Å². The van der Waals surface area contributed by atoms with Crippen LogP contribution >= 0.6 is 0 Å². The number of hydrogen-bond acceptors (Lipinski definition) is 4. The van der Waals surface area contributed by atoms with E-state index >= 15 is 0 Å². The van der Waals surface area contributed by atoms with Crippen LogP contribution in [0.1, 0.15) is 0 Å². The molecule has 1 saturated heterocycles. The minimum Gasteiger partial charge on any atom is -0.442 e. The molecule has 0 radical (unpaired) electrons. The summed E-state index contributed by atoms with van der Waals surface area (Å²) in [5.41, 5.74) is 0.286. The van der Waals surface area contributed by atoms with Crippen molar-refractivity contribution in [3.8, 4) is 0 Å². The van der Waals surface area contributed by atoms with Gasteiger partial charge < -0.3 is 15.0 Å². The minimum absolute atomic E-state index is 0.132. The number of amides is 3. The second kappa shape index (κ2) is 7.39. The molecule has 3 amide bonds. The molecule has 1 fully saturated rings. The van der Waals surface area contributed by atoms with Crippen molar-refractivity contribution in [2.75, 3.05) is 25.0 Å². The molecule has 1 aliphatic heterocycles. The van der Waals surface area contributed by atoms with Crippen LogP contribution in [0.4, 0.5) is 14.9 Å². The van der Waals surface area contributed by atoms with E-state index in [-0.39, 0.29) is 31.2 Å². The van der Waals surface area contributed by atoms with Crippen molar-refractivity contribution < 1.29 is 23.5 Å². The zero-order chi connectivity index (χ0) is 16.8. The van der Waals surface area contributed by atoms with Crippen molar-refractivity contribution in [2.45, 2.75) is 6.10 Å². The van der Waals surface area contributed by atoms with Crippen LogP contribution in [0.3, 0.4) is 0 Å². The topological polar surface area (TPSA) is 87.7 Å². The summed E-state index contributed by atoms with van der Waals surface area (Å²) in [5, 5.41) is 4.77. The molecule has 0 spiro atoms. The quantitative estimate of drug-likeness (QED) is 0.788. The van der Waals surface area contributed by atoms with Crippen molar-refractivity contribution in [3.05, 3.63) is 42.7 Å². The molecule has 0 aliphatic carbocycles. The molecule has 8 heteroatoms. The smallest absolute Gasteiger partial charge is 0.412 e. The minimum atomic E-state index is -0.715. The summed E-state index contributed by atoms with van der Waals surface area (Å²) in [6.45, 7) is 3.64. The van der Waals surface area contributed by atoms with Crippen LogP contribution in [0.25, 0.3) is 0 Å². The Morgan fingerprint density at radius 3 is 2.78 bits per heavy atom. The Hall–Kier alpha value is -2.90. The number of likely N-dealkylation sites (tertiary alicyclic amines) is 1. The van der Waals surface area contributed by atoms with E-state index in [0.29, 0.717) is 0 Å².